The van der Waals surface area contributed by atoms with E-state index in [2.05, 4.69) is 26.2 Å². The monoisotopic (exact) mass is 451 g/mol. The summed E-state index contributed by atoms with van der Waals surface area (Å²) in [6.45, 7) is 0.432. The lowest BCUT2D eigenvalue weighted by Gasteiger charge is -2.23. The van der Waals surface area contributed by atoms with Crippen molar-refractivity contribution in [3.63, 3.8) is 0 Å². The number of carbonyl (C=O) groups is 2. The number of halogens is 3. The van der Waals surface area contributed by atoms with E-state index in [0.29, 0.717) is 27.5 Å². The van der Waals surface area contributed by atoms with Crippen LogP contribution in [0.25, 0.3) is 0 Å². The molecule has 0 fully saturated rings. The van der Waals surface area contributed by atoms with Gasteiger partial charge in [0, 0.05) is 29.2 Å². The van der Waals surface area contributed by atoms with Gasteiger partial charge in [-0.2, -0.15) is 0 Å². The summed E-state index contributed by atoms with van der Waals surface area (Å²) in [5.74, 6) is -0.831. The maximum absolute atomic E-state index is 14.4. The van der Waals surface area contributed by atoms with Crippen LogP contribution < -0.4 is 10.2 Å². The number of hydrogen-bond donors (Lipinski definition) is 1. The number of benzodiazepines with no additional fused rings is 1. The van der Waals surface area contributed by atoms with Gasteiger partial charge in [0.2, 0.25) is 11.8 Å². The molecule has 1 N–H and O–H groups in total. The Morgan fingerprint density at radius 2 is 2.04 bits per heavy atom. The standard InChI is InChI=1S/C19H16BrClFN3O2/c20-10-17(26)23-7-8-25-16-6-5-12(21)9-14(16)19(24-11-18(25)27)13-3-1-2-4-15(13)22/h1-6,9H,7-8,10-11H2,(H,23,26). The number of fused-ring (bicyclic) bond motifs is 1. The quantitative estimate of drug-likeness (QED) is 0.708. The van der Waals surface area contributed by atoms with Crippen molar-refractivity contribution in [2.75, 3.05) is 29.9 Å². The molecule has 0 unspecified atom stereocenters. The molecule has 1 aliphatic rings. The third kappa shape index (κ3) is 4.36. The van der Waals surface area contributed by atoms with Crippen molar-refractivity contribution in [1.82, 2.24) is 5.32 Å². The summed E-state index contributed by atoms with van der Waals surface area (Å²) in [7, 11) is 0. The second-order valence-corrected chi connectivity index (χ2v) is 6.83. The zero-order chi connectivity index (χ0) is 19.4. The third-order valence-corrected chi connectivity index (χ3v) is 4.83. The van der Waals surface area contributed by atoms with E-state index in [-0.39, 0.29) is 36.8 Å². The lowest BCUT2D eigenvalue weighted by molar-refractivity contribution is -0.119. The van der Waals surface area contributed by atoms with Crippen molar-refractivity contribution in [1.29, 1.82) is 0 Å². The van der Waals surface area contributed by atoms with Crippen LogP contribution in [0.15, 0.2) is 47.5 Å². The van der Waals surface area contributed by atoms with Gasteiger partial charge < -0.3 is 10.2 Å². The number of benzene rings is 2. The Hall–Kier alpha value is -2.25. The summed E-state index contributed by atoms with van der Waals surface area (Å²) >= 11 is 9.24. The first kappa shape index (κ1) is 19.5. The number of amides is 2. The maximum atomic E-state index is 14.4. The van der Waals surface area contributed by atoms with Gasteiger partial charge in [-0.15, -0.1) is 0 Å². The SMILES string of the molecule is O=C(CBr)NCCN1C(=O)CN=C(c2ccccc2F)c2cc(Cl)ccc21. The third-order valence-electron chi connectivity index (χ3n) is 4.09. The number of alkyl halides is 1. The molecule has 140 valence electrons. The smallest absolute Gasteiger partial charge is 0.248 e. The minimum Gasteiger partial charge on any atom is -0.354 e. The molecule has 0 spiro atoms. The summed E-state index contributed by atoms with van der Waals surface area (Å²) < 4.78 is 14.4. The molecule has 0 atom stereocenters. The number of hydrogen-bond acceptors (Lipinski definition) is 3. The van der Waals surface area contributed by atoms with E-state index in [1.807, 2.05) is 0 Å². The summed E-state index contributed by atoms with van der Waals surface area (Å²) in [6, 6.07) is 11.3. The molecule has 0 aliphatic carbocycles. The van der Waals surface area contributed by atoms with Crippen molar-refractivity contribution in [3.8, 4) is 0 Å². The van der Waals surface area contributed by atoms with Gasteiger partial charge in [0.1, 0.15) is 12.4 Å². The number of carbonyl (C=O) groups excluding carboxylic acids is 2. The van der Waals surface area contributed by atoms with E-state index in [4.69, 9.17) is 11.6 Å². The van der Waals surface area contributed by atoms with Crippen molar-refractivity contribution < 1.29 is 14.0 Å². The number of nitrogens with one attached hydrogen (secondary N) is 1. The van der Waals surface area contributed by atoms with Crippen LogP contribution in [0.3, 0.4) is 0 Å². The molecule has 8 heteroatoms. The van der Waals surface area contributed by atoms with Gasteiger partial charge in [-0.3, -0.25) is 14.6 Å². The van der Waals surface area contributed by atoms with Crippen molar-refractivity contribution in [2.24, 2.45) is 4.99 Å². The van der Waals surface area contributed by atoms with Crippen LogP contribution in [0.4, 0.5) is 10.1 Å². The molecule has 27 heavy (non-hydrogen) atoms. The van der Waals surface area contributed by atoms with E-state index < -0.39 is 5.82 Å². The molecule has 2 amide bonds. The molecule has 0 bridgehead atoms. The van der Waals surface area contributed by atoms with E-state index in [1.165, 1.54) is 11.0 Å². The lowest BCUT2D eigenvalue weighted by Crippen LogP contribution is -2.40. The van der Waals surface area contributed by atoms with Gasteiger partial charge in [0.15, 0.2) is 0 Å². The minimum absolute atomic E-state index is 0.123. The van der Waals surface area contributed by atoms with Crippen LogP contribution in [0, 0.1) is 5.82 Å². The fourth-order valence-electron chi connectivity index (χ4n) is 2.87. The van der Waals surface area contributed by atoms with Crippen LogP contribution >= 0.6 is 27.5 Å². The van der Waals surface area contributed by atoms with E-state index in [0.717, 1.165) is 0 Å². The van der Waals surface area contributed by atoms with Gasteiger partial charge in [0.25, 0.3) is 0 Å². The number of nitrogens with zero attached hydrogens (tertiary/aromatic N) is 2. The number of anilines is 1. The topological polar surface area (TPSA) is 61.8 Å². The largest absolute Gasteiger partial charge is 0.354 e. The van der Waals surface area contributed by atoms with E-state index >= 15 is 0 Å². The van der Waals surface area contributed by atoms with Gasteiger partial charge >= 0.3 is 0 Å². The molecule has 1 heterocycles. The molecule has 2 aromatic carbocycles. The molecule has 3 rings (SSSR count). The summed E-state index contributed by atoms with van der Waals surface area (Å²) in [4.78, 5) is 30.0. The summed E-state index contributed by atoms with van der Waals surface area (Å²) in [5.41, 5.74) is 1.84. The van der Waals surface area contributed by atoms with Crippen molar-refractivity contribution in [3.05, 3.63) is 64.4 Å². The molecular weight excluding hydrogens is 437 g/mol. The van der Waals surface area contributed by atoms with Crippen LogP contribution in [0.1, 0.15) is 11.1 Å². The van der Waals surface area contributed by atoms with Gasteiger partial charge in [-0.25, -0.2) is 4.39 Å². The first-order valence-electron chi connectivity index (χ1n) is 8.23. The second-order valence-electron chi connectivity index (χ2n) is 5.84. The molecular formula is C19H16BrClFN3O2. The first-order chi connectivity index (χ1) is 13.0. The average Bonchev–Trinajstić information content (AvgIpc) is 2.79. The Balaban J connectivity index is 2.01. The second kappa shape index (κ2) is 8.63. The molecule has 0 saturated heterocycles. The molecule has 0 aromatic heterocycles. The lowest BCUT2D eigenvalue weighted by atomic mass is 9.99. The highest BCUT2D eigenvalue weighted by Gasteiger charge is 2.26. The highest BCUT2D eigenvalue weighted by atomic mass is 79.9. The average molecular weight is 453 g/mol. The predicted octanol–water partition coefficient (Wildman–Crippen LogP) is 3.17. The highest BCUT2D eigenvalue weighted by Crippen LogP contribution is 2.30. The Bertz CT molecular complexity index is 920. The first-order valence-corrected chi connectivity index (χ1v) is 9.73. The van der Waals surface area contributed by atoms with Gasteiger partial charge in [-0.05, 0) is 30.3 Å². The molecule has 5 nitrogen and oxygen atoms in total. The van der Waals surface area contributed by atoms with Crippen LogP contribution in [-0.2, 0) is 9.59 Å². The normalized spacial score (nSPS) is 13.7. The fraction of sp³-hybridized carbons (Fsp3) is 0.211. The summed E-state index contributed by atoms with van der Waals surface area (Å²) in [6.07, 6.45) is 0. The molecule has 0 radical (unpaired) electrons. The number of rotatable bonds is 5. The van der Waals surface area contributed by atoms with Crippen LogP contribution in [-0.4, -0.2) is 42.5 Å². The minimum atomic E-state index is -0.423. The molecule has 2 aromatic rings. The Morgan fingerprint density at radius 1 is 1.26 bits per heavy atom. The predicted molar refractivity (Wildman–Crippen MR) is 108 cm³/mol. The zero-order valence-corrected chi connectivity index (χ0v) is 16.6. The molecule has 1 aliphatic heterocycles. The Morgan fingerprint density at radius 3 is 2.78 bits per heavy atom. The fourth-order valence-corrected chi connectivity index (χ4v) is 3.24. The van der Waals surface area contributed by atoms with Crippen LogP contribution in [0.2, 0.25) is 5.02 Å². The van der Waals surface area contributed by atoms with E-state index in [9.17, 15) is 14.0 Å². The summed E-state index contributed by atoms with van der Waals surface area (Å²) in [5, 5.41) is 3.36. The highest BCUT2D eigenvalue weighted by molar-refractivity contribution is 9.09. The Kier molecular flexibility index (Phi) is 6.23. The van der Waals surface area contributed by atoms with Crippen molar-refractivity contribution in [2.45, 2.75) is 0 Å². The Labute approximate surface area is 169 Å². The van der Waals surface area contributed by atoms with Crippen LogP contribution in [0.5, 0.6) is 0 Å². The van der Waals surface area contributed by atoms with Gasteiger partial charge in [0.05, 0.1) is 16.7 Å². The number of aliphatic imine (C=N–C) groups is 1. The van der Waals surface area contributed by atoms with Gasteiger partial charge in [-0.1, -0.05) is 39.7 Å². The zero-order valence-electron chi connectivity index (χ0n) is 14.2. The molecule has 0 saturated carbocycles. The van der Waals surface area contributed by atoms with E-state index in [1.54, 1.807) is 36.4 Å². The van der Waals surface area contributed by atoms with Crippen molar-refractivity contribution >= 4 is 50.7 Å². The maximum Gasteiger partial charge on any atom is 0.248 e.